The molecule has 0 aliphatic carbocycles. The van der Waals surface area contributed by atoms with Crippen LogP contribution in [0.15, 0.2) is 42.5 Å². The SMILES string of the molecule is O=C(C[C@@H]1Nc2ccccc2NC1=O)NCc1ccc2c(c1)OCO2. The number of ether oxygens (including phenoxy) is 2. The largest absolute Gasteiger partial charge is 0.454 e. The van der Waals surface area contributed by atoms with Crippen molar-refractivity contribution < 1.29 is 19.1 Å². The van der Waals surface area contributed by atoms with Crippen molar-refractivity contribution >= 4 is 23.2 Å². The fourth-order valence-electron chi connectivity index (χ4n) is 2.84. The van der Waals surface area contributed by atoms with Crippen LogP contribution in [0.3, 0.4) is 0 Å². The van der Waals surface area contributed by atoms with E-state index in [1.165, 1.54) is 0 Å². The van der Waals surface area contributed by atoms with Crippen molar-refractivity contribution in [1.82, 2.24) is 5.32 Å². The van der Waals surface area contributed by atoms with E-state index >= 15 is 0 Å². The van der Waals surface area contributed by atoms with E-state index < -0.39 is 6.04 Å². The standard InChI is InChI=1S/C18H17N3O4/c22-17(19-9-11-5-6-15-16(7-11)25-10-24-15)8-14-18(23)21-13-4-2-1-3-12(13)20-14/h1-7,14,20H,8-10H2,(H,19,22)(H,21,23)/t14-/m0/s1. The van der Waals surface area contributed by atoms with E-state index in [1.807, 2.05) is 42.5 Å². The molecular formula is C18H17N3O4. The van der Waals surface area contributed by atoms with Gasteiger partial charge in [-0.25, -0.2) is 0 Å². The third-order valence-corrected chi connectivity index (χ3v) is 4.15. The van der Waals surface area contributed by atoms with Crippen LogP contribution in [-0.4, -0.2) is 24.6 Å². The molecular weight excluding hydrogens is 322 g/mol. The fourth-order valence-corrected chi connectivity index (χ4v) is 2.84. The minimum absolute atomic E-state index is 0.0602. The van der Waals surface area contributed by atoms with Crippen molar-refractivity contribution in [2.24, 2.45) is 0 Å². The maximum atomic E-state index is 12.2. The normalized spacial score (nSPS) is 17.3. The molecule has 2 aromatic carbocycles. The predicted octanol–water partition coefficient (Wildman–Crippen LogP) is 1.85. The summed E-state index contributed by atoms with van der Waals surface area (Å²) in [4.78, 5) is 24.3. The van der Waals surface area contributed by atoms with Gasteiger partial charge < -0.3 is 25.4 Å². The first-order valence-electron chi connectivity index (χ1n) is 8.01. The zero-order valence-electron chi connectivity index (χ0n) is 13.4. The smallest absolute Gasteiger partial charge is 0.247 e. The van der Waals surface area contributed by atoms with Crippen LogP contribution in [-0.2, 0) is 16.1 Å². The Kier molecular flexibility index (Phi) is 3.89. The number of hydrogen-bond acceptors (Lipinski definition) is 5. The lowest BCUT2D eigenvalue weighted by atomic mass is 10.1. The highest BCUT2D eigenvalue weighted by molar-refractivity contribution is 6.04. The molecule has 0 saturated carbocycles. The maximum absolute atomic E-state index is 12.2. The summed E-state index contributed by atoms with van der Waals surface area (Å²) >= 11 is 0. The van der Waals surface area contributed by atoms with Crippen LogP contribution in [0.4, 0.5) is 11.4 Å². The third kappa shape index (κ3) is 3.21. The number of carbonyl (C=O) groups is 2. The Morgan fingerprint density at radius 1 is 1.12 bits per heavy atom. The van der Waals surface area contributed by atoms with E-state index in [4.69, 9.17) is 9.47 Å². The number of hydrogen-bond donors (Lipinski definition) is 3. The Hall–Kier alpha value is -3.22. The van der Waals surface area contributed by atoms with Crippen molar-refractivity contribution in [2.75, 3.05) is 17.4 Å². The van der Waals surface area contributed by atoms with Crippen LogP contribution in [0.1, 0.15) is 12.0 Å². The number of carbonyl (C=O) groups excluding carboxylic acids is 2. The van der Waals surface area contributed by atoms with Gasteiger partial charge in [-0.2, -0.15) is 0 Å². The van der Waals surface area contributed by atoms with Gasteiger partial charge in [0.25, 0.3) is 0 Å². The summed E-state index contributed by atoms with van der Waals surface area (Å²) in [5.41, 5.74) is 2.45. The molecule has 1 atom stereocenters. The molecule has 7 nitrogen and oxygen atoms in total. The van der Waals surface area contributed by atoms with Crippen LogP contribution in [0.2, 0.25) is 0 Å². The average Bonchev–Trinajstić information content (AvgIpc) is 3.08. The monoisotopic (exact) mass is 339 g/mol. The van der Waals surface area contributed by atoms with Gasteiger partial charge >= 0.3 is 0 Å². The molecule has 25 heavy (non-hydrogen) atoms. The van der Waals surface area contributed by atoms with Gasteiger partial charge in [0.05, 0.1) is 17.8 Å². The summed E-state index contributed by atoms with van der Waals surface area (Å²) in [7, 11) is 0. The first-order chi connectivity index (χ1) is 12.2. The van der Waals surface area contributed by atoms with Gasteiger partial charge in [-0.3, -0.25) is 9.59 Å². The highest BCUT2D eigenvalue weighted by Gasteiger charge is 2.27. The van der Waals surface area contributed by atoms with Crippen molar-refractivity contribution in [1.29, 1.82) is 0 Å². The molecule has 2 heterocycles. The van der Waals surface area contributed by atoms with Gasteiger partial charge in [0.1, 0.15) is 6.04 Å². The van der Waals surface area contributed by atoms with E-state index in [9.17, 15) is 9.59 Å². The molecule has 0 unspecified atom stereocenters. The van der Waals surface area contributed by atoms with Crippen LogP contribution in [0, 0.1) is 0 Å². The van der Waals surface area contributed by atoms with E-state index in [1.54, 1.807) is 0 Å². The van der Waals surface area contributed by atoms with Gasteiger partial charge in [0.2, 0.25) is 18.6 Å². The van der Waals surface area contributed by atoms with Gasteiger partial charge in [-0.15, -0.1) is 0 Å². The van der Waals surface area contributed by atoms with Gasteiger partial charge in [-0.05, 0) is 29.8 Å². The Labute approximate surface area is 144 Å². The maximum Gasteiger partial charge on any atom is 0.247 e. The van der Waals surface area contributed by atoms with Crippen LogP contribution in [0.5, 0.6) is 11.5 Å². The zero-order valence-corrected chi connectivity index (χ0v) is 13.4. The number of rotatable bonds is 4. The summed E-state index contributed by atoms with van der Waals surface area (Å²) in [6, 6.07) is 12.3. The first kappa shape index (κ1) is 15.3. The highest BCUT2D eigenvalue weighted by Crippen LogP contribution is 2.32. The number of amides is 2. The fraction of sp³-hybridized carbons (Fsp3) is 0.222. The Balaban J connectivity index is 1.34. The van der Waals surface area contributed by atoms with Gasteiger partial charge in [-0.1, -0.05) is 18.2 Å². The summed E-state index contributed by atoms with van der Waals surface area (Å²) in [5.74, 6) is 0.968. The third-order valence-electron chi connectivity index (χ3n) is 4.15. The molecule has 0 bridgehead atoms. The molecule has 0 aromatic heterocycles. The van der Waals surface area contributed by atoms with Crippen molar-refractivity contribution in [3.05, 3.63) is 48.0 Å². The molecule has 128 valence electrons. The van der Waals surface area contributed by atoms with Crippen molar-refractivity contribution in [3.63, 3.8) is 0 Å². The molecule has 2 aromatic rings. The molecule has 2 aliphatic heterocycles. The lowest BCUT2D eigenvalue weighted by molar-refractivity contribution is -0.125. The second-order valence-corrected chi connectivity index (χ2v) is 5.90. The van der Waals surface area contributed by atoms with Crippen molar-refractivity contribution in [2.45, 2.75) is 19.0 Å². The second kappa shape index (κ2) is 6.35. The molecule has 0 saturated heterocycles. The Morgan fingerprint density at radius 2 is 1.92 bits per heavy atom. The lowest BCUT2D eigenvalue weighted by Gasteiger charge is -2.26. The summed E-state index contributed by atoms with van der Waals surface area (Å²) < 4.78 is 10.6. The summed E-state index contributed by atoms with van der Waals surface area (Å²) in [5, 5.41) is 8.73. The molecule has 0 radical (unpaired) electrons. The quantitative estimate of drug-likeness (QED) is 0.791. The Bertz CT molecular complexity index is 837. The molecule has 0 fully saturated rings. The second-order valence-electron chi connectivity index (χ2n) is 5.90. The highest BCUT2D eigenvalue weighted by atomic mass is 16.7. The summed E-state index contributed by atoms with van der Waals surface area (Å²) in [6.45, 7) is 0.579. The number of benzene rings is 2. The van der Waals surface area contributed by atoms with Crippen molar-refractivity contribution in [3.8, 4) is 11.5 Å². The molecule has 2 amide bonds. The molecule has 7 heteroatoms. The molecule has 0 spiro atoms. The number of fused-ring (bicyclic) bond motifs is 2. The molecule has 2 aliphatic rings. The minimum atomic E-state index is -0.591. The summed E-state index contributed by atoms with van der Waals surface area (Å²) in [6.07, 6.45) is 0.0602. The zero-order chi connectivity index (χ0) is 17.2. The van der Waals surface area contributed by atoms with Gasteiger partial charge in [0.15, 0.2) is 11.5 Å². The first-order valence-corrected chi connectivity index (χ1v) is 8.01. The van der Waals surface area contributed by atoms with Crippen LogP contribution < -0.4 is 25.4 Å². The van der Waals surface area contributed by atoms with E-state index in [-0.39, 0.29) is 25.0 Å². The minimum Gasteiger partial charge on any atom is -0.454 e. The van der Waals surface area contributed by atoms with E-state index in [0.29, 0.717) is 18.0 Å². The van der Waals surface area contributed by atoms with Crippen LogP contribution >= 0.6 is 0 Å². The number of para-hydroxylation sites is 2. The predicted molar refractivity (Wildman–Crippen MR) is 91.5 cm³/mol. The van der Waals surface area contributed by atoms with E-state index in [2.05, 4.69) is 16.0 Å². The lowest BCUT2D eigenvalue weighted by Crippen LogP contribution is -2.42. The molecule has 3 N–H and O–H groups in total. The number of anilines is 2. The topological polar surface area (TPSA) is 88.7 Å². The molecule has 4 rings (SSSR count). The average molecular weight is 339 g/mol. The Morgan fingerprint density at radius 3 is 2.80 bits per heavy atom. The van der Waals surface area contributed by atoms with Gasteiger partial charge in [0, 0.05) is 6.54 Å². The number of nitrogens with one attached hydrogen (secondary N) is 3. The van der Waals surface area contributed by atoms with E-state index in [0.717, 1.165) is 16.9 Å². The van der Waals surface area contributed by atoms with Crippen LogP contribution in [0.25, 0.3) is 0 Å².